The molecule has 3 aromatic carbocycles. The molecule has 0 radical (unpaired) electrons. The molecule has 0 aliphatic carbocycles. The average molecular weight is 534 g/mol. The molecule has 10 nitrogen and oxygen atoms in total. The highest BCUT2D eigenvalue weighted by atomic mass is 35.5. The molecule has 0 fully saturated rings. The summed E-state index contributed by atoms with van der Waals surface area (Å²) < 4.78 is 47.2. The molecule has 2 amide bonds. The Labute approximate surface area is 211 Å². The van der Waals surface area contributed by atoms with E-state index < -0.39 is 45.0 Å². The Morgan fingerprint density at radius 1 is 1.03 bits per heavy atom. The van der Waals surface area contributed by atoms with E-state index in [1.165, 1.54) is 42.5 Å². The van der Waals surface area contributed by atoms with Gasteiger partial charge in [-0.2, -0.15) is 0 Å². The third kappa shape index (κ3) is 6.49. The van der Waals surface area contributed by atoms with Crippen molar-refractivity contribution in [1.82, 2.24) is 5.32 Å². The zero-order valence-electron chi connectivity index (χ0n) is 18.5. The molecule has 0 spiro atoms. The van der Waals surface area contributed by atoms with Gasteiger partial charge in [-0.3, -0.25) is 19.7 Å². The molecule has 0 atom stereocenters. The van der Waals surface area contributed by atoms with Crippen molar-refractivity contribution in [2.24, 2.45) is 11.5 Å². The van der Waals surface area contributed by atoms with Gasteiger partial charge in [-0.05, 0) is 30.3 Å². The Balaban J connectivity index is 1.82. The van der Waals surface area contributed by atoms with E-state index >= 15 is 0 Å². The highest BCUT2D eigenvalue weighted by Gasteiger charge is 2.20. The van der Waals surface area contributed by atoms with Crippen molar-refractivity contribution in [1.29, 1.82) is 5.41 Å². The van der Waals surface area contributed by atoms with E-state index in [1.807, 2.05) is 0 Å². The normalized spacial score (nSPS) is 10.9. The minimum absolute atomic E-state index is 0.104. The maximum absolute atomic E-state index is 14.6. The number of halogens is 2. The molecule has 7 N–H and O–H groups in total. The number of amidine groups is 1. The Morgan fingerprint density at radius 2 is 1.72 bits per heavy atom. The summed E-state index contributed by atoms with van der Waals surface area (Å²) in [7, 11) is -4.14. The van der Waals surface area contributed by atoms with Crippen LogP contribution in [0.25, 0.3) is 0 Å². The molecule has 0 aromatic heterocycles. The molecule has 0 saturated heterocycles. The van der Waals surface area contributed by atoms with Crippen LogP contribution in [0.2, 0.25) is 5.02 Å². The van der Waals surface area contributed by atoms with Gasteiger partial charge in [-0.1, -0.05) is 41.9 Å². The first kappa shape index (κ1) is 26.4. The second-order valence-electron chi connectivity index (χ2n) is 7.41. The van der Waals surface area contributed by atoms with Crippen LogP contribution in [0, 0.1) is 11.2 Å². The van der Waals surface area contributed by atoms with Crippen LogP contribution in [0.1, 0.15) is 21.5 Å². The minimum atomic E-state index is -4.14. The van der Waals surface area contributed by atoms with Crippen LogP contribution in [0.3, 0.4) is 0 Å². The summed E-state index contributed by atoms with van der Waals surface area (Å²) in [5, 5.41) is 9.66. The summed E-state index contributed by atoms with van der Waals surface area (Å²) in [6.45, 7) is -0.550. The van der Waals surface area contributed by atoms with Crippen LogP contribution >= 0.6 is 11.6 Å². The first-order valence-corrected chi connectivity index (χ1v) is 12.1. The summed E-state index contributed by atoms with van der Waals surface area (Å²) in [6.07, 6.45) is 0. The fraction of sp³-hybridized carbons (Fsp3) is 0.0870. The molecule has 0 heterocycles. The topological polar surface area (TPSA) is 177 Å². The molecular weight excluding hydrogens is 513 g/mol. The fourth-order valence-corrected chi connectivity index (χ4v) is 4.32. The van der Waals surface area contributed by atoms with Gasteiger partial charge in [-0.25, -0.2) is 12.8 Å². The number of carbonyl (C=O) groups is 2. The molecule has 0 aliphatic heterocycles. The molecule has 3 aromatic rings. The van der Waals surface area contributed by atoms with Gasteiger partial charge in [0, 0.05) is 23.2 Å². The molecule has 3 rings (SSSR count). The van der Waals surface area contributed by atoms with E-state index in [0.29, 0.717) is 11.1 Å². The van der Waals surface area contributed by atoms with Crippen LogP contribution in [-0.2, 0) is 21.4 Å². The smallest absolute Gasteiger partial charge is 0.261 e. The maximum atomic E-state index is 14.6. The third-order valence-electron chi connectivity index (χ3n) is 4.78. The molecule has 0 bridgehead atoms. The third-order valence-corrected chi connectivity index (χ3v) is 6.43. The molecular formula is C23H21ClFN5O5S. The molecule has 0 saturated carbocycles. The van der Waals surface area contributed by atoms with Crippen molar-refractivity contribution in [3.8, 4) is 5.75 Å². The van der Waals surface area contributed by atoms with Gasteiger partial charge >= 0.3 is 0 Å². The van der Waals surface area contributed by atoms with Crippen molar-refractivity contribution < 1.29 is 27.1 Å². The van der Waals surface area contributed by atoms with E-state index in [-0.39, 0.29) is 28.6 Å². The lowest BCUT2D eigenvalue weighted by Gasteiger charge is -2.14. The van der Waals surface area contributed by atoms with Crippen LogP contribution < -0.4 is 26.2 Å². The molecule has 0 aliphatic rings. The zero-order chi connectivity index (χ0) is 26.5. The molecule has 13 heteroatoms. The highest BCUT2D eigenvalue weighted by Crippen LogP contribution is 2.27. The van der Waals surface area contributed by atoms with Crippen molar-refractivity contribution in [3.63, 3.8) is 0 Å². The predicted molar refractivity (Wildman–Crippen MR) is 132 cm³/mol. The number of rotatable bonds is 10. The van der Waals surface area contributed by atoms with Crippen molar-refractivity contribution >= 4 is 45.0 Å². The first-order valence-electron chi connectivity index (χ1n) is 10.2. The van der Waals surface area contributed by atoms with E-state index in [0.717, 1.165) is 12.1 Å². The average Bonchev–Trinajstić information content (AvgIpc) is 2.84. The Hall–Kier alpha value is -4.16. The van der Waals surface area contributed by atoms with Gasteiger partial charge in [0.25, 0.3) is 21.8 Å². The van der Waals surface area contributed by atoms with Crippen LogP contribution in [-0.4, -0.2) is 32.7 Å². The summed E-state index contributed by atoms with van der Waals surface area (Å²) >= 11 is 5.91. The van der Waals surface area contributed by atoms with Gasteiger partial charge in [0.1, 0.15) is 11.6 Å². The fourth-order valence-electron chi connectivity index (χ4n) is 3.03. The number of amides is 2. The minimum Gasteiger partial charge on any atom is -0.483 e. The Morgan fingerprint density at radius 3 is 2.36 bits per heavy atom. The maximum Gasteiger partial charge on any atom is 0.261 e. The van der Waals surface area contributed by atoms with Crippen molar-refractivity contribution in [3.05, 3.63) is 88.2 Å². The highest BCUT2D eigenvalue weighted by molar-refractivity contribution is 7.92. The van der Waals surface area contributed by atoms with Gasteiger partial charge in [0.05, 0.1) is 15.6 Å². The van der Waals surface area contributed by atoms with Crippen molar-refractivity contribution in [2.45, 2.75) is 11.4 Å². The number of benzene rings is 3. The lowest BCUT2D eigenvalue weighted by molar-refractivity contribution is -0.119. The van der Waals surface area contributed by atoms with Crippen LogP contribution in [0.4, 0.5) is 10.1 Å². The monoisotopic (exact) mass is 533 g/mol. The van der Waals surface area contributed by atoms with E-state index in [2.05, 4.69) is 10.0 Å². The second kappa shape index (κ2) is 11.1. The number of nitrogens with two attached hydrogens (primary N) is 2. The summed E-state index contributed by atoms with van der Waals surface area (Å²) in [5.41, 5.74) is 10.7. The number of nitrogens with one attached hydrogen (secondary N) is 3. The lowest BCUT2D eigenvalue weighted by Crippen LogP contribution is -2.25. The number of ether oxygens (including phenoxy) is 1. The van der Waals surface area contributed by atoms with Gasteiger partial charge in [0.2, 0.25) is 0 Å². The van der Waals surface area contributed by atoms with E-state index in [1.54, 1.807) is 6.07 Å². The molecule has 36 heavy (non-hydrogen) atoms. The SMILES string of the molecule is N=C(N)c1ccc(CNC(=O)c2cc(Cl)c(F)c(NS(=O)(=O)c3ccccc3)c2)c(OCC(N)=O)c1. The number of nitrogen functional groups attached to an aromatic ring is 1. The number of primary amides is 1. The summed E-state index contributed by atoms with van der Waals surface area (Å²) in [4.78, 5) is 23.8. The molecule has 188 valence electrons. The van der Waals surface area contributed by atoms with Gasteiger partial charge in [-0.15, -0.1) is 0 Å². The quantitative estimate of drug-likeness (QED) is 0.197. The second-order valence-corrected chi connectivity index (χ2v) is 9.50. The number of carbonyl (C=O) groups excluding carboxylic acids is 2. The zero-order valence-corrected chi connectivity index (χ0v) is 20.1. The number of hydrogen-bond acceptors (Lipinski definition) is 6. The standard InChI is InChI=1S/C23H21ClFN5O5S/c24-17-8-15(9-18(21(17)25)30-36(33,34)16-4-2-1-3-5-16)23(32)29-11-14-7-6-13(22(27)28)10-19(14)35-12-20(26)31/h1-10,30H,11-12H2,(H2,26,31)(H3,27,28)(H,29,32). The number of hydrogen-bond donors (Lipinski definition) is 5. The summed E-state index contributed by atoms with van der Waals surface area (Å²) in [5.74, 6) is -2.55. The first-order chi connectivity index (χ1) is 17.0. The number of sulfonamides is 1. The number of anilines is 1. The Bertz CT molecular complexity index is 1430. The van der Waals surface area contributed by atoms with Gasteiger partial charge in [0.15, 0.2) is 12.4 Å². The van der Waals surface area contributed by atoms with Crippen LogP contribution in [0.15, 0.2) is 65.6 Å². The van der Waals surface area contributed by atoms with Gasteiger partial charge < -0.3 is 21.5 Å². The molecule has 0 unspecified atom stereocenters. The van der Waals surface area contributed by atoms with Crippen LogP contribution in [0.5, 0.6) is 5.75 Å². The largest absolute Gasteiger partial charge is 0.483 e. The van der Waals surface area contributed by atoms with Crippen molar-refractivity contribution in [2.75, 3.05) is 11.3 Å². The van der Waals surface area contributed by atoms with E-state index in [9.17, 15) is 22.4 Å². The predicted octanol–water partition coefficient (Wildman–Crippen LogP) is 2.36. The Kier molecular flexibility index (Phi) is 8.12. The van der Waals surface area contributed by atoms with E-state index in [4.69, 9.17) is 33.2 Å². The lowest BCUT2D eigenvalue weighted by atomic mass is 10.1. The summed E-state index contributed by atoms with van der Waals surface area (Å²) in [6, 6.07) is 13.8.